The first-order valence-corrected chi connectivity index (χ1v) is 5.72. The molecular weight excluding hydrogens is 211 g/mol. The maximum absolute atomic E-state index is 11.5. The van der Waals surface area contributed by atoms with Crippen LogP contribution in [-0.2, 0) is 10.2 Å². The van der Waals surface area contributed by atoms with Gasteiger partial charge in [0.2, 0.25) is 0 Å². The molecule has 17 heavy (non-hydrogen) atoms. The summed E-state index contributed by atoms with van der Waals surface area (Å²) in [6.07, 6.45) is 5.09. The zero-order valence-corrected chi connectivity index (χ0v) is 9.90. The van der Waals surface area contributed by atoms with Gasteiger partial charge in [-0.05, 0) is 35.4 Å². The van der Waals surface area contributed by atoms with Gasteiger partial charge in [-0.3, -0.25) is 4.79 Å². The molecule has 2 nitrogen and oxygen atoms in total. The van der Waals surface area contributed by atoms with Crippen molar-refractivity contribution in [2.75, 3.05) is 0 Å². The van der Waals surface area contributed by atoms with Crippen LogP contribution >= 0.6 is 0 Å². The van der Waals surface area contributed by atoms with Crippen LogP contribution in [0, 0.1) is 0 Å². The van der Waals surface area contributed by atoms with Crippen LogP contribution in [-0.4, -0.2) is 11.5 Å². The molecular formula is C15H13NO. The molecule has 1 aliphatic carbocycles. The quantitative estimate of drug-likeness (QED) is 0.491. The Kier molecular flexibility index (Phi) is 1.96. The number of benzene rings is 1. The standard InChI is InChI=1S/C15H13NO/c1-15(2)11-5-3-4-6-13(11)16-14-8-7-10(17)9-12(14)15/h3-9H,1-2H3/i9+1. The van der Waals surface area contributed by atoms with E-state index in [0.717, 1.165) is 17.0 Å². The predicted octanol–water partition coefficient (Wildman–Crippen LogP) is 3.12. The SMILES string of the molecule is CC1(C)C2=[13CH]C(=O)C=CC2=Nc2ccccc21. The molecule has 0 unspecified atom stereocenters. The van der Waals surface area contributed by atoms with Gasteiger partial charge in [0.25, 0.3) is 0 Å². The fourth-order valence-corrected chi connectivity index (χ4v) is 2.49. The zero-order valence-electron chi connectivity index (χ0n) is 9.90. The van der Waals surface area contributed by atoms with Gasteiger partial charge in [0.15, 0.2) is 5.78 Å². The van der Waals surface area contributed by atoms with Crippen molar-refractivity contribution < 1.29 is 4.79 Å². The van der Waals surface area contributed by atoms with Crippen molar-refractivity contribution in [3.8, 4) is 0 Å². The Labute approximate surface area is 100 Å². The molecule has 0 radical (unpaired) electrons. The Morgan fingerprint density at radius 2 is 1.88 bits per heavy atom. The molecule has 0 saturated heterocycles. The normalized spacial score (nSPS) is 20.2. The average molecular weight is 224 g/mol. The van der Waals surface area contributed by atoms with Crippen molar-refractivity contribution in [3.05, 3.63) is 53.6 Å². The molecule has 0 spiro atoms. The van der Waals surface area contributed by atoms with Crippen molar-refractivity contribution in [1.82, 2.24) is 0 Å². The predicted molar refractivity (Wildman–Crippen MR) is 68.8 cm³/mol. The number of nitrogens with zero attached hydrogens (tertiary/aromatic N) is 1. The van der Waals surface area contributed by atoms with Gasteiger partial charge >= 0.3 is 0 Å². The van der Waals surface area contributed by atoms with Crippen molar-refractivity contribution in [2.24, 2.45) is 4.99 Å². The maximum Gasteiger partial charge on any atom is 0.179 e. The van der Waals surface area contributed by atoms with E-state index >= 15 is 0 Å². The van der Waals surface area contributed by atoms with Crippen molar-refractivity contribution in [3.63, 3.8) is 0 Å². The summed E-state index contributed by atoms with van der Waals surface area (Å²) in [7, 11) is 0. The molecule has 2 heteroatoms. The van der Waals surface area contributed by atoms with Crippen molar-refractivity contribution in [1.29, 1.82) is 0 Å². The molecule has 0 saturated carbocycles. The molecule has 1 heterocycles. The summed E-state index contributed by atoms with van der Waals surface area (Å²) in [5.41, 5.74) is 3.95. The lowest BCUT2D eigenvalue weighted by Crippen LogP contribution is -2.30. The van der Waals surface area contributed by atoms with E-state index in [4.69, 9.17) is 0 Å². The van der Waals surface area contributed by atoms with E-state index in [9.17, 15) is 4.79 Å². The third-order valence-electron chi connectivity index (χ3n) is 3.46. The number of fused-ring (bicyclic) bond motifs is 2. The first-order chi connectivity index (χ1) is 8.09. The third-order valence-corrected chi connectivity index (χ3v) is 3.46. The van der Waals surface area contributed by atoms with Gasteiger partial charge in [-0.2, -0.15) is 0 Å². The minimum Gasteiger partial charge on any atom is -0.290 e. The summed E-state index contributed by atoms with van der Waals surface area (Å²) in [6, 6.07) is 8.11. The van der Waals surface area contributed by atoms with Crippen LogP contribution in [0.25, 0.3) is 0 Å². The van der Waals surface area contributed by atoms with Crippen LogP contribution in [0.5, 0.6) is 0 Å². The number of carbonyl (C=O) groups is 1. The van der Waals surface area contributed by atoms with E-state index in [2.05, 4.69) is 24.9 Å². The smallest absolute Gasteiger partial charge is 0.179 e. The summed E-state index contributed by atoms with van der Waals surface area (Å²) in [5, 5.41) is 0. The third kappa shape index (κ3) is 1.41. The first-order valence-electron chi connectivity index (χ1n) is 5.72. The number of ketones is 1. The molecule has 0 fully saturated rings. The Bertz CT molecular complexity index is 603. The fraction of sp³-hybridized carbons (Fsp3) is 0.200. The lowest BCUT2D eigenvalue weighted by Gasteiger charge is -2.34. The van der Waals surface area contributed by atoms with Gasteiger partial charge in [0.05, 0.1) is 11.4 Å². The minimum absolute atomic E-state index is 0.0476. The molecule has 1 aromatic rings. The van der Waals surface area contributed by atoms with E-state index in [1.165, 1.54) is 5.56 Å². The zero-order chi connectivity index (χ0) is 12.0. The molecule has 0 aromatic heterocycles. The summed E-state index contributed by atoms with van der Waals surface area (Å²) < 4.78 is 0. The minimum atomic E-state index is -0.159. The summed E-state index contributed by atoms with van der Waals surface area (Å²) >= 11 is 0. The van der Waals surface area contributed by atoms with Crippen LogP contribution in [0.3, 0.4) is 0 Å². The Balaban J connectivity index is 2.30. The summed E-state index contributed by atoms with van der Waals surface area (Å²) in [4.78, 5) is 16.1. The molecule has 0 amide bonds. The summed E-state index contributed by atoms with van der Waals surface area (Å²) in [6.45, 7) is 4.28. The lowest BCUT2D eigenvalue weighted by molar-refractivity contribution is -0.110. The highest BCUT2D eigenvalue weighted by atomic mass is 16.1. The number of aliphatic imine (C=N–C) groups is 1. The van der Waals surface area contributed by atoms with Crippen LogP contribution in [0.1, 0.15) is 19.4 Å². The number of carbonyl (C=O) groups excluding carboxylic acids is 1. The van der Waals surface area contributed by atoms with Crippen LogP contribution < -0.4 is 0 Å². The number of para-hydroxylation sites is 1. The molecule has 1 aromatic carbocycles. The number of hydrogen-bond acceptors (Lipinski definition) is 2. The second-order valence-electron chi connectivity index (χ2n) is 4.93. The van der Waals surface area contributed by atoms with Gasteiger partial charge in [-0.25, -0.2) is 4.99 Å². The molecule has 84 valence electrons. The fourth-order valence-electron chi connectivity index (χ4n) is 2.49. The van der Waals surface area contributed by atoms with Crippen LogP contribution in [0.4, 0.5) is 5.69 Å². The van der Waals surface area contributed by atoms with Crippen LogP contribution in [0.15, 0.2) is 53.1 Å². The van der Waals surface area contributed by atoms with Crippen molar-refractivity contribution >= 4 is 17.2 Å². The van der Waals surface area contributed by atoms with E-state index in [-0.39, 0.29) is 11.2 Å². The van der Waals surface area contributed by atoms with Gasteiger partial charge in [0, 0.05) is 5.41 Å². The number of hydrogen-bond donors (Lipinski definition) is 0. The average Bonchev–Trinajstić information content (AvgIpc) is 2.31. The van der Waals surface area contributed by atoms with Gasteiger partial charge in [0.1, 0.15) is 0 Å². The van der Waals surface area contributed by atoms with Gasteiger partial charge in [-0.15, -0.1) is 0 Å². The second-order valence-corrected chi connectivity index (χ2v) is 4.93. The number of allylic oxidation sites excluding steroid dienone is 4. The monoisotopic (exact) mass is 224 g/mol. The van der Waals surface area contributed by atoms with E-state index in [1.54, 1.807) is 12.2 Å². The van der Waals surface area contributed by atoms with E-state index < -0.39 is 0 Å². The molecule has 0 N–H and O–H groups in total. The van der Waals surface area contributed by atoms with E-state index in [0.29, 0.717) is 0 Å². The Hall–Kier alpha value is -1.96. The second kappa shape index (κ2) is 3.27. The molecule has 2 aliphatic rings. The highest BCUT2D eigenvalue weighted by Crippen LogP contribution is 2.43. The number of rotatable bonds is 0. The molecule has 3 rings (SSSR count). The topological polar surface area (TPSA) is 29.4 Å². The highest BCUT2D eigenvalue weighted by Gasteiger charge is 2.35. The Morgan fingerprint density at radius 1 is 1.12 bits per heavy atom. The van der Waals surface area contributed by atoms with Crippen LogP contribution in [0.2, 0.25) is 0 Å². The van der Waals surface area contributed by atoms with Gasteiger partial charge in [-0.1, -0.05) is 32.0 Å². The van der Waals surface area contributed by atoms with Crippen molar-refractivity contribution in [2.45, 2.75) is 19.3 Å². The summed E-state index contributed by atoms with van der Waals surface area (Å²) in [5.74, 6) is 0.0476. The molecule has 0 atom stereocenters. The van der Waals surface area contributed by atoms with E-state index in [1.807, 2.05) is 24.3 Å². The highest BCUT2D eigenvalue weighted by molar-refractivity contribution is 6.22. The largest absolute Gasteiger partial charge is 0.290 e. The molecule has 0 bridgehead atoms. The molecule has 1 aliphatic heterocycles. The maximum atomic E-state index is 11.5. The lowest BCUT2D eigenvalue weighted by atomic mass is 9.74. The Morgan fingerprint density at radius 3 is 2.71 bits per heavy atom. The first kappa shape index (κ1) is 10.2. The van der Waals surface area contributed by atoms with Gasteiger partial charge < -0.3 is 0 Å².